The van der Waals surface area contributed by atoms with Gasteiger partial charge in [0.2, 0.25) is 0 Å². The maximum absolute atomic E-state index is 5.91. The van der Waals surface area contributed by atoms with Crippen molar-refractivity contribution >= 4 is 0 Å². The highest BCUT2D eigenvalue weighted by Crippen LogP contribution is 2.41. The van der Waals surface area contributed by atoms with E-state index >= 15 is 0 Å². The number of aromatic nitrogens is 3. The largest absolute Gasteiger partial charge is 0.325 e. The van der Waals surface area contributed by atoms with E-state index in [1.807, 2.05) is 0 Å². The fourth-order valence-electron chi connectivity index (χ4n) is 2.99. The van der Waals surface area contributed by atoms with Crippen LogP contribution >= 0.6 is 0 Å². The Bertz CT molecular complexity index is 373. The van der Waals surface area contributed by atoms with Gasteiger partial charge in [-0.05, 0) is 25.7 Å². The van der Waals surface area contributed by atoms with Gasteiger partial charge < -0.3 is 5.73 Å². The Labute approximate surface area is 103 Å². The maximum atomic E-state index is 5.91. The van der Waals surface area contributed by atoms with Gasteiger partial charge in [0.25, 0.3) is 0 Å². The summed E-state index contributed by atoms with van der Waals surface area (Å²) in [5, 5.41) is 8.79. The molecule has 1 heterocycles. The number of nitrogens with two attached hydrogens (primary N) is 1. The summed E-state index contributed by atoms with van der Waals surface area (Å²) in [7, 11) is 0. The van der Waals surface area contributed by atoms with E-state index in [-0.39, 0.29) is 0 Å². The third-order valence-electron chi connectivity index (χ3n) is 4.15. The first-order valence-electron chi connectivity index (χ1n) is 7.04. The molecule has 1 aromatic rings. The van der Waals surface area contributed by atoms with Crippen LogP contribution in [0.3, 0.4) is 0 Å². The molecule has 0 saturated heterocycles. The van der Waals surface area contributed by atoms with Gasteiger partial charge in [-0.1, -0.05) is 30.9 Å². The Kier molecular flexibility index (Phi) is 3.14. The average Bonchev–Trinajstić information content (AvgIpc) is 3.14. The van der Waals surface area contributed by atoms with Crippen LogP contribution in [0.15, 0.2) is 0 Å². The predicted molar refractivity (Wildman–Crippen MR) is 66.6 cm³/mol. The zero-order valence-corrected chi connectivity index (χ0v) is 10.4. The molecule has 2 aliphatic carbocycles. The van der Waals surface area contributed by atoms with Crippen LogP contribution < -0.4 is 5.73 Å². The molecule has 0 aliphatic heterocycles. The first-order valence-corrected chi connectivity index (χ1v) is 7.04. The number of rotatable bonds is 3. The van der Waals surface area contributed by atoms with Crippen LogP contribution in [0.5, 0.6) is 0 Å². The van der Waals surface area contributed by atoms with E-state index < -0.39 is 0 Å². The molecule has 0 aromatic carbocycles. The zero-order chi connectivity index (χ0) is 11.7. The monoisotopic (exact) mass is 234 g/mol. The highest BCUT2D eigenvalue weighted by Gasteiger charge is 2.31. The topological polar surface area (TPSA) is 56.7 Å². The highest BCUT2D eigenvalue weighted by molar-refractivity contribution is 5.20. The van der Waals surface area contributed by atoms with Crippen LogP contribution in [0.4, 0.5) is 0 Å². The highest BCUT2D eigenvalue weighted by atomic mass is 15.4. The molecule has 2 N–H and O–H groups in total. The Morgan fingerprint density at radius 1 is 1.06 bits per heavy atom. The lowest BCUT2D eigenvalue weighted by molar-refractivity contribution is 0.385. The lowest BCUT2D eigenvalue weighted by atomic mass is 10.1. The van der Waals surface area contributed by atoms with Gasteiger partial charge in [-0.3, -0.25) is 0 Å². The minimum atomic E-state index is 0.552. The van der Waals surface area contributed by atoms with E-state index in [2.05, 4.69) is 15.0 Å². The van der Waals surface area contributed by atoms with Crippen molar-refractivity contribution in [3.05, 3.63) is 11.4 Å². The first-order chi connectivity index (χ1) is 8.40. The summed E-state index contributed by atoms with van der Waals surface area (Å²) in [5.41, 5.74) is 8.31. The number of nitrogens with zero attached hydrogens (tertiary/aromatic N) is 3. The molecule has 4 nitrogen and oxygen atoms in total. The van der Waals surface area contributed by atoms with E-state index in [1.165, 1.54) is 62.8 Å². The van der Waals surface area contributed by atoms with Crippen molar-refractivity contribution < 1.29 is 0 Å². The van der Waals surface area contributed by atoms with Crippen LogP contribution in [-0.2, 0) is 6.54 Å². The van der Waals surface area contributed by atoms with Crippen molar-refractivity contribution in [1.82, 2.24) is 15.0 Å². The molecule has 94 valence electrons. The molecule has 2 aliphatic rings. The molecule has 2 fully saturated rings. The van der Waals surface area contributed by atoms with Crippen LogP contribution in [0.1, 0.15) is 74.7 Å². The Balaban J connectivity index is 1.85. The summed E-state index contributed by atoms with van der Waals surface area (Å²) in [6.45, 7) is 0.593. The summed E-state index contributed by atoms with van der Waals surface area (Å²) in [5.74, 6) is 0.660. The molecular weight excluding hydrogens is 212 g/mol. The van der Waals surface area contributed by atoms with Crippen molar-refractivity contribution in [1.29, 1.82) is 0 Å². The molecule has 17 heavy (non-hydrogen) atoms. The van der Waals surface area contributed by atoms with E-state index in [4.69, 9.17) is 5.73 Å². The molecular formula is C13H22N4. The zero-order valence-electron chi connectivity index (χ0n) is 10.4. The molecule has 2 saturated carbocycles. The minimum absolute atomic E-state index is 0.552. The lowest BCUT2D eigenvalue weighted by Gasteiger charge is -2.16. The molecule has 0 bridgehead atoms. The van der Waals surface area contributed by atoms with Crippen LogP contribution in [-0.4, -0.2) is 15.0 Å². The van der Waals surface area contributed by atoms with Gasteiger partial charge in [0.1, 0.15) is 0 Å². The van der Waals surface area contributed by atoms with Crippen LogP contribution in [0.25, 0.3) is 0 Å². The van der Waals surface area contributed by atoms with Crippen molar-refractivity contribution in [2.24, 2.45) is 5.73 Å². The second kappa shape index (κ2) is 4.77. The molecule has 0 atom stereocenters. The number of hydrogen-bond donors (Lipinski definition) is 1. The third-order valence-corrected chi connectivity index (χ3v) is 4.15. The summed E-state index contributed by atoms with van der Waals surface area (Å²) in [6.07, 6.45) is 10.4. The second-order valence-electron chi connectivity index (χ2n) is 5.49. The van der Waals surface area contributed by atoms with Crippen LogP contribution in [0, 0.1) is 0 Å². The Morgan fingerprint density at radius 2 is 1.76 bits per heavy atom. The van der Waals surface area contributed by atoms with E-state index in [1.54, 1.807) is 0 Å². The fraction of sp³-hybridized carbons (Fsp3) is 0.846. The van der Waals surface area contributed by atoms with Gasteiger partial charge >= 0.3 is 0 Å². The SMILES string of the molecule is NCc1c(C2CC2)nnn1C1CCCCCC1. The fourth-order valence-corrected chi connectivity index (χ4v) is 2.99. The van der Waals surface area contributed by atoms with Crippen molar-refractivity contribution in [3.8, 4) is 0 Å². The molecule has 0 unspecified atom stereocenters. The molecule has 3 rings (SSSR count). The van der Waals surface area contributed by atoms with Crippen LogP contribution in [0.2, 0.25) is 0 Å². The Hall–Kier alpha value is -0.900. The molecule has 4 heteroatoms. The summed E-state index contributed by atoms with van der Waals surface area (Å²) in [6, 6.07) is 0.552. The third kappa shape index (κ3) is 2.23. The van der Waals surface area contributed by atoms with Gasteiger partial charge in [0, 0.05) is 12.5 Å². The van der Waals surface area contributed by atoms with Gasteiger partial charge in [0.15, 0.2) is 0 Å². The van der Waals surface area contributed by atoms with Crippen molar-refractivity contribution in [3.63, 3.8) is 0 Å². The average molecular weight is 234 g/mol. The molecule has 1 aromatic heterocycles. The van der Waals surface area contributed by atoms with Gasteiger partial charge in [-0.15, -0.1) is 5.10 Å². The normalized spacial score (nSPS) is 22.6. The van der Waals surface area contributed by atoms with E-state index in [0.717, 1.165) is 0 Å². The quantitative estimate of drug-likeness (QED) is 0.817. The van der Waals surface area contributed by atoms with Gasteiger partial charge in [-0.2, -0.15) is 0 Å². The second-order valence-corrected chi connectivity index (χ2v) is 5.49. The van der Waals surface area contributed by atoms with Crippen molar-refractivity contribution in [2.75, 3.05) is 0 Å². The minimum Gasteiger partial charge on any atom is -0.325 e. The predicted octanol–water partition coefficient (Wildman–Crippen LogP) is 2.51. The van der Waals surface area contributed by atoms with E-state index in [0.29, 0.717) is 18.5 Å². The molecule has 0 amide bonds. The lowest BCUT2D eigenvalue weighted by Crippen LogP contribution is -2.16. The molecule has 0 spiro atoms. The van der Waals surface area contributed by atoms with E-state index in [9.17, 15) is 0 Å². The maximum Gasteiger partial charge on any atom is 0.0903 e. The van der Waals surface area contributed by atoms with Gasteiger partial charge in [0.05, 0.1) is 17.4 Å². The summed E-state index contributed by atoms with van der Waals surface area (Å²) in [4.78, 5) is 0. The summed E-state index contributed by atoms with van der Waals surface area (Å²) >= 11 is 0. The number of hydrogen-bond acceptors (Lipinski definition) is 3. The summed E-state index contributed by atoms with van der Waals surface area (Å²) < 4.78 is 2.15. The smallest absolute Gasteiger partial charge is 0.0903 e. The van der Waals surface area contributed by atoms with Gasteiger partial charge in [-0.25, -0.2) is 4.68 Å². The standard InChI is InChI=1S/C13H22N4/c14-9-12-13(10-7-8-10)15-16-17(12)11-5-3-1-2-4-6-11/h10-11H,1-9,14H2. The van der Waals surface area contributed by atoms with Crippen molar-refractivity contribution in [2.45, 2.75) is 69.9 Å². The molecule has 0 radical (unpaired) electrons. The first kappa shape index (κ1) is 11.2. The Morgan fingerprint density at radius 3 is 2.35 bits per heavy atom.